The number of sulfonamides is 1. The first-order valence-electron chi connectivity index (χ1n) is 6.67. The summed E-state index contributed by atoms with van der Waals surface area (Å²) < 4.78 is 64.2. The quantitative estimate of drug-likeness (QED) is 0.834. The van der Waals surface area contributed by atoms with Gasteiger partial charge in [0.15, 0.2) is 0 Å². The lowest BCUT2D eigenvalue weighted by molar-refractivity contribution is -0.137. The Labute approximate surface area is 137 Å². The lowest BCUT2D eigenvalue weighted by Crippen LogP contribution is -2.40. The number of amides is 1. The Morgan fingerprint density at radius 3 is 2.39 bits per heavy atom. The Balaban J connectivity index is 3.24. The van der Waals surface area contributed by atoms with Crippen LogP contribution in [-0.4, -0.2) is 38.3 Å². The van der Waals surface area contributed by atoms with E-state index in [1.807, 2.05) is 0 Å². The van der Waals surface area contributed by atoms with Crippen molar-refractivity contribution in [3.05, 3.63) is 28.8 Å². The number of nitrogens with one attached hydrogen (secondary N) is 1. The highest BCUT2D eigenvalue weighted by atomic mass is 35.5. The van der Waals surface area contributed by atoms with Crippen molar-refractivity contribution in [2.24, 2.45) is 0 Å². The first kappa shape index (κ1) is 19.7. The molecule has 0 fully saturated rings. The molecule has 0 spiro atoms. The smallest absolute Gasteiger partial charge is 0.355 e. The van der Waals surface area contributed by atoms with Crippen LogP contribution in [0.25, 0.3) is 0 Å². The number of nitrogens with zero attached hydrogens (tertiary/aromatic N) is 1. The first-order chi connectivity index (χ1) is 10.5. The fraction of sp³-hybridized carbons (Fsp3) is 0.462. The molecule has 0 saturated heterocycles. The zero-order valence-corrected chi connectivity index (χ0v) is 14.0. The van der Waals surface area contributed by atoms with Crippen molar-refractivity contribution in [3.63, 3.8) is 0 Å². The molecule has 23 heavy (non-hydrogen) atoms. The van der Waals surface area contributed by atoms with Gasteiger partial charge in [0.05, 0.1) is 22.0 Å². The van der Waals surface area contributed by atoms with Crippen LogP contribution in [0, 0.1) is 0 Å². The van der Waals surface area contributed by atoms with Gasteiger partial charge in [0.1, 0.15) is 0 Å². The summed E-state index contributed by atoms with van der Waals surface area (Å²) in [5.74, 6) is -0.539. The van der Waals surface area contributed by atoms with Gasteiger partial charge in [-0.05, 0) is 25.1 Å². The lowest BCUT2D eigenvalue weighted by atomic mass is 10.2. The summed E-state index contributed by atoms with van der Waals surface area (Å²) in [6, 6.07) is 2.32. The molecule has 1 amide bonds. The second kappa shape index (κ2) is 7.50. The van der Waals surface area contributed by atoms with Gasteiger partial charge in [-0.15, -0.1) is 0 Å². The molecule has 0 aliphatic rings. The van der Waals surface area contributed by atoms with E-state index < -0.39 is 44.1 Å². The molecule has 0 heterocycles. The van der Waals surface area contributed by atoms with Gasteiger partial charge < -0.3 is 5.32 Å². The molecule has 1 rings (SSSR count). The van der Waals surface area contributed by atoms with Crippen LogP contribution in [-0.2, 0) is 21.0 Å². The summed E-state index contributed by atoms with van der Waals surface area (Å²) in [4.78, 5) is 11.0. The van der Waals surface area contributed by atoms with Gasteiger partial charge in [0.2, 0.25) is 15.9 Å². The van der Waals surface area contributed by atoms with E-state index in [9.17, 15) is 26.4 Å². The molecule has 0 radical (unpaired) electrons. The highest BCUT2D eigenvalue weighted by Crippen LogP contribution is 2.36. The van der Waals surface area contributed by atoms with E-state index in [-0.39, 0.29) is 6.54 Å². The number of carbonyl (C=O) groups is 1. The molecular formula is C13H16ClF3N2O3S. The van der Waals surface area contributed by atoms with Crippen molar-refractivity contribution < 1.29 is 26.4 Å². The molecule has 1 aromatic rings. The van der Waals surface area contributed by atoms with Crippen molar-refractivity contribution in [1.29, 1.82) is 0 Å². The average Bonchev–Trinajstić information content (AvgIpc) is 2.43. The minimum absolute atomic E-state index is 0.0660. The highest BCUT2D eigenvalue weighted by molar-refractivity contribution is 7.89. The van der Waals surface area contributed by atoms with E-state index in [1.54, 1.807) is 6.92 Å². The van der Waals surface area contributed by atoms with Gasteiger partial charge in [0.25, 0.3) is 0 Å². The minimum atomic E-state index is -4.78. The van der Waals surface area contributed by atoms with Crippen molar-refractivity contribution >= 4 is 27.5 Å². The third kappa shape index (κ3) is 4.82. The average molecular weight is 373 g/mol. The van der Waals surface area contributed by atoms with Gasteiger partial charge in [-0.2, -0.15) is 17.5 Å². The molecule has 0 unspecified atom stereocenters. The zero-order chi connectivity index (χ0) is 17.8. The number of benzene rings is 1. The third-order valence-electron chi connectivity index (χ3n) is 2.93. The third-order valence-corrected chi connectivity index (χ3v) is 5.17. The number of rotatable bonds is 6. The van der Waals surface area contributed by atoms with Crippen LogP contribution in [0.4, 0.5) is 13.2 Å². The summed E-state index contributed by atoms with van der Waals surface area (Å²) >= 11 is 5.48. The number of halogens is 4. The number of hydrogen-bond donors (Lipinski definition) is 1. The van der Waals surface area contributed by atoms with Crippen LogP contribution in [0.5, 0.6) is 0 Å². The van der Waals surface area contributed by atoms with E-state index in [2.05, 4.69) is 5.32 Å². The van der Waals surface area contributed by atoms with Crippen LogP contribution >= 0.6 is 11.6 Å². The predicted octanol–water partition coefficient (Wildman–Crippen LogP) is 2.51. The lowest BCUT2D eigenvalue weighted by Gasteiger charge is -2.20. The molecule has 130 valence electrons. The number of carbonyl (C=O) groups excluding carboxylic acids is 1. The second-order valence-electron chi connectivity index (χ2n) is 4.52. The molecule has 5 nitrogen and oxygen atoms in total. The Hall–Kier alpha value is -1.32. The summed E-state index contributed by atoms with van der Waals surface area (Å²) in [6.45, 7) is 2.92. The second-order valence-corrected chi connectivity index (χ2v) is 6.87. The molecular weight excluding hydrogens is 357 g/mol. The topological polar surface area (TPSA) is 66.5 Å². The zero-order valence-electron chi connectivity index (χ0n) is 12.4. The summed E-state index contributed by atoms with van der Waals surface area (Å²) in [5, 5.41) is 1.84. The van der Waals surface area contributed by atoms with E-state index in [0.29, 0.717) is 12.6 Å². The minimum Gasteiger partial charge on any atom is -0.355 e. The molecule has 0 aliphatic heterocycles. The van der Waals surface area contributed by atoms with Crippen LogP contribution in [0.15, 0.2) is 23.1 Å². The predicted molar refractivity (Wildman–Crippen MR) is 79.6 cm³/mol. The SMILES string of the molecule is CCNC(=O)CN(CC)S(=O)(=O)c1ccc(Cl)c(C(F)(F)F)c1. The number of likely N-dealkylation sites (N-methyl/N-ethyl adjacent to an activating group) is 2. The fourth-order valence-corrected chi connectivity index (χ4v) is 3.47. The van der Waals surface area contributed by atoms with E-state index >= 15 is 0 Å². The maximum Gasteiger partial charge on any atom is 0.417 e. The molecule has 0 saturated carbocycles. The molecule has 10 heteroatoms. The van der Waals surface area contributed by atoms with Gasteiger partial charge in [-0.25, -0.2) is 8.42 Å². The largest absolute Gasteiger partial charge is 0.417 e. The van der Waals surface area contributed by atoms with E-state index in [1.165, 1.54) is 6.92 Å². The van der Waals surface area contributed by atoms with Gasteiger partial charge in [0, 0.05) is 13.1 Å². The maximum atomic E-state index is 12.9. The Morgan fingerprint density at radius 1 is 1.30 bits per heavy atom. The molecule has 0 atom stereocenters. The number of alkyl halides is 3. The van der Waals surface area contributed by atoms with E-state index in [0.717, 1.165) is 16.4 Å². The van der Waals surface area contributed by atoms with Crippen LogP contribution in [0.2, 0.25) is 5.02 Å². The van der Waals surface area contributed by atoms with Gasteiger partial charge in [-0.1, -0.05) is 18.5 Å². The van der Waals surface area contributed by atoms with Gasteiger partial charge >= 0.3 is 6.18 Å². The normalized spacial score (nSPS) is 12.5. The summed E-state index contributed by atoms with van der Waals surface area (Å²) in [6.07, 6.45) is -4.78. The molecule has 1 aromatic carbocycles. The van der Waals surface area contributed by atoms with Crippen LogP contribution in [0.3, 0.4) is 0 Å². The fourth-order valence-electron chi connectivity index (χ4n) is 1.81. The van der Waals surface area contributed by atoms with Crippen LogP contribution < -0.4 is 5.32 Å². The molecule has 0 aliphatic carbocycles. The first-order valence-corrected chi connectivity index (χ1v) is 8.49. The Kier molecular flexibility index (Phi) is 6.43. The maximum absolute atomic E-state index is 12.9. The Morgan fingerprint density at radius 2 is 1.91 bits per heavy atom. The standard InChI is InChI=1S/C13H16ClF3N2O3S/c1-3-18-12(20)8-19(4-2)23(21,22)9-5-6-11(14)10(7-9)13(15,16)17/h5-7H,3-4,8H2,1-2H3,(H,18,20). The van der Waals surface area contributed by atoms with Crippen molar-refractivity contribution in [2.75, 3.05) is 19.6 Å². The molecule has 1 N–H and O–H groups in total. The van der Waals surface area contributed by atoms with E-state index in [4.69, 9.17) is 11.6 Å². The monoisotopic (exact) mass is 372 g/mol. The molecule has 0 aromatic heterocycles. The highest BCUT2D eigenvalue weighted by Gasteiger charge is 2.35. The summed E-state index contributed by atoms with van der Waals surface area (Å²) in [5.41, 5.74) is -1.24. The van der Waals surface area contributed by atoms with Crippen molar-refractivity contribution in [1.82, 2.24) is 9.62 Å². The number of hydrogen-bond acceptors (Lipinski definition) is 3. The van der Waals surface area contributed by atoms with Gasteiger partial charge in [-0.3, -0.25) is 4.79 Å². The van der Waals surface area contributed by atoms with Crippen LogP contribution in [0.1, 0.15) is 19.4 Å². The molecule has 0 bridgehead atoms. The Bertz CT molecular complexity index is 678. The van der Waals surface area contributed by atoms with Crippen molar-refractivity contribution in [3.8, 4) is 0 Å². The van der Waals surface area contributed by atoms with Crippen molar-refractivity contribution in [2.45, 2.75) is 24.9 Å². The summed E-state index contributed by atoms with van der Waals surface area (Å²) in [7, 11) is -4.25.